The van der Waals surface area contributed by atoms with E-state index in [9.17, 15) is 14.4 Å². The van der Waals surface area contributed by atoms with Gasteiger partial charge in [0.05, 0.1) is 36.3 Å². The summed E-state index contributed by atoms with van der Waals surface area (Å²) in [7, 11) is 0. The molecule has 0 saturated heterocycles. The van der Waals surface area contributed by atoms with Gasteiger partial charge in [-0.1, -0.05) is 60.7 Å². The number of ether oxygens (including phenoxy) is 1. The Balaban J connectivity index is 0.000000224. The SMILES string of the molecule is CCn1nc(-c2ccncc2)cc1CC(=O)[C@@H](N)Cc1ccccc1.CCn1nc(-c2ccncc2)cc1CC(=O)[C@H](Cc1ccccc1)NC(=O)OC(C)(C)C. The molecule has 0 radical (unpaired) electrons. The first-order valence-electron chi connectivity index (χ1n) is 19.2. The van der Waals surface area contributed by atoms with Gasteiger partial charge in [-0.2, -0.15) is 10.2 Å². The maximum atomic E-state index is 13.3. The van der Waals surface area contributed by atoms with Crippen molar-refractivity contribution >= 4 is 17.7 Å². The van der Waals surface area contributed by atoms with Crippen molar-refractivity contribution in [3.05, 3.63) is 144 Å². The van der Waals surface area contributed by atoms with Crippen LogP contribution in [0.1, 0.15) is 57.1 Å². The van der Waals surface area contributed by atoms with Gasteiger partial charge in [0.2, 0.25) is 0 Å². The summed E-state index contributed by atoms with van der Waals surface area (Å²) < 4.78 is 9.07. The maximum Gasteiger partial charge on any atom is 0.408 e. The zero-order valence-electron chi connectivity index (χ0n) is 33.3. The molecule has 0 aliphatic rings. The van der Waals surface area contributed by atoms with Crippen LogP contribution in [-0.4, -0.2) is 64.9 Å². The van der Waals surface area contributed by atoms with Crippen LogP contribution >= 0.6 is 0 Å². The number of alkyl carbamates (subject to hydrolysis) is 1. The van der Waals surface area contributed by atoms with Gasteiger partial charge in [0, 0.05) is 60.4 Å². The number of benzene rings is 2. The predicted octanol–water partition coefficient (Wildman–Crippen LogP) is 6.86. The number of Topliss-reactive ketones (excluding diaryl/α,β-unsaturated/α-hetero) is 2. The third-order valence-corrected chi connectivity index (χ3v) is 9.06. The van der Waals surface area contributed by atoms with Crippen molar-refractivity contribution in [2.45, 2.75) is 91.1 Å². The summed E-state index contributed by atoms with van der Waals surface area (Å²) >= 11 is 0. The Hall–Kier alpha value is -6.27. The van der Waals surface area contributed by atoms with E-state index in [-0.39, 0.29) is 18.0 Å². The third-order valence-electron chi connectivity index (χ3n) is 9.06. The number of rotatable bonds is 15. The fraction of sp³-hybridized carbons (Fsp3) is 0.311. The second-order valence-electron chi connectivity index (χ2n) is 14.6. The van der Waals surface area contributed by atoms with Crippen molar-refractivity contribution in [2.75, 3.05) is 0 Å². The minimum absolute atomic E-state index is 0.0275. The molecule has 6 rings (SSSR count). The van der Waals surface area contributed by atoms with E-state index in [0.717, 1.165) is 45.0 Å². The molecule has 4 heterocycles. The molecule has 0 aliphatic heterocycles. The molecule has 6 aromatic rings. The molecule has 296 valence electrons. The number of aryl methyl sites for hydroxylation is 2. The van der Waals surface area contributed by atoms with E-state index in [2.05, 4.69) is 25.5 Å². The lowest BCUT2D eigenvalue weighted by Crippen LogP contribution is -2.45. The van der Waals surface area contributed by atoms with Gasteiger partial charge in [0.15, 0.2) is 11.6 Å². The van der Waals surface area contributed by atoms with E-state index in [1.807, 2.05) is 120 Å². The molecule has 0 aliphatic carbocycles. The number of nitrogens with one attached hydrogen (secondary N) is 1. The highest BCUT2D eigenvalue weighted by Crippen LogP contribution is 2.21. The second-order valence-corrected chi connectivity index (χ2v) is 14.6. The first-order chi connectivity index (χ1) is 27.4. The molecule has 57 heavy (non-hydrogen) atoms. The van der Waals surface area contributed by atoms with E-state index in [4.69, 9.17) is 10.5 Å². The molecule has 0 bridgehead atoms. The predicted molar refractivity (Wildman–Crippen MR) is 221 cm³/mol. The van der Waals surface area contributed by atoms with Crippen LogP contribution in [-0.2, 0) is 53.1 Å². The molecule has 4 aromatic heterocycles. The zero-order valence-corrected chi connectivity index (χ0v) is 33.3. The van der Waals surface area contributed by atoms with E-state index in [0.29, 0.717) is 32.4 Å². The molecule has 12 nitrogen and oxygen atoms in total. The lowest BCUT2D eigenvalue weighted by Gasteiger charge is -2.23. The quantitative estimate of drug-likeness (QED) is 0.114. The Kier molecular flexibility index (Phi) is 14.7. The summed E-state index contributed by atoms with van der Waals surface area (Å²) in [5, 5.41) is 12.0. The van der Waals surface area contributed by atoms with Crippen LogP contribution in [0.15, 0.2) is 122 Å². The summed E-state index contributed by atoms with van der Waals surface area (Å²) in [6.07, 6.45) is 7.68. The van der Waals surface area contributed by atoms with Crippen LogP contribution in [0.5, 0.6) is 0 Å². The van der Waals surface area contributed by atoms with E-state index < -0.39 is 23.8 Å². The largest absolute Gasteiger partial charge is 0.444 e. The van der Waals surface area contributed by atoms with Crippen molar-refractivity contribution < 1.29 is 19.1 Å². The van der Waals surface area contributed by atoms with Crippen molar-refractivity contribution in [3.63, 3.8) is 0 Å². The molecule has 1 amide bonds. The van der Waals surface area contributed by atoms with Gasteiger partial charge < -0.3 is 15.8 Å². The highest BCUT2D eigenvalue weighted by atomic mass is 16.6. The summed E-state index contributed by atoms with van der Waals surface area (Å²) in [6.45, 7) is 10.7. The normalized spacial score (nSPS) is 12.2. The lowest BCUT2D eigenvalue weighted by molar-refractivity contribution is -0.121. The average Bonchev–Trinajstić information content (AvgIpc) is 3.82. The zero-order chi connectivity index (χ0) is 40.8. The van der Waals surface area contributed by atoms with Crippen LogP contribution in [0.2, 0.25) is 0 Å². The standard InChI is InChI=1S/C25H30N4O3.C20H22N4O/c1-5-29-20(16-21(28-29)19-11-13-26-14-12-19)17-23(30)22(15-18-9-7-6-8-10-18)27-24(31)32-25(2,3)4;1-2-24-17(13-19(23-24)16-8-10-22-11-9-16)14-20(25)18(21)12-15-6-4-3-5-7-15/h6-14,16,22H,5,15,17H2,1-4H3,(H,27,31);3-11,13,18H,2,12,14,21H2,1H3/t22-;18-/m00/s1. The van der Waals surface area contributed by atoms with E-state index in [1.165, 1.54) is 0 Å². The number of carbonyl (C=O) groups excluding carboxylic acids is 3. The number of nitrogens with zero attached hydrogens (tertiary/aromatic N) is 6. The Morgan fingerprint density at radius 1 is 0.667 bits per heavy atom. The molecular weight excluding hydrogens is 717 g/mol. The highest BCUT2D eigenvalue weighted by molar-refractivity contribution is 5.89. The first-order valence-corrected chi connectivity index (χ1v) is 19.2. The van der Waals surface area contributed by atoms with Gasteiger partial charge in [0.1, 0.15) is 5.60 Å². The van der Waals surface area contributed by atoms with Gasteiger partial charge in [-0.3, -0.25) is 28.9 Å². The summed E-state index contributed by atoms with van der Waals surface area (Å²) in [5.41, 5.74) is 12.8. The number of pyridine rings is 2. The van der Waals surface area contributed by atoms with Gasteiger partial charge in [-0.15, -0.1) is 0 Å². The van der Waals surface area contributed by atoms with Crippen LogP contribution in [0.25, 0.3) is 22.5 Å². The van der Waals surface area contributed by atoms with Gasteiger partial charge in [-0.25, -0.2) is 4.79 Å². The number of nitrogens with two attached hydrogens (primary N) is 1. The van der Waals surface area contributed by atoms with Crippen molar-refractivity contribution in [1.82, 2.24) is 34.8 Å². The summed E-state index contributed by atoms with van der Waals surface area (Å²) in [4.78, 5) is 46.4. The van der Waals surface area contributed by atoms with Gasteiger partial charge >= 0.3 is 6.09 Å². The summed E-state index contributed by atoms with van der Waals surface area (Å²) in [6, 6.07) is 29.7. The van der Waals surface area contributed by atoms with Crippen LogP contribution in [0, 0.1) is 0 Å². The van der Waals surface area contributed by atoms with Crippen molar-refractivity contribution in [1.29, 1.82) is 0 Å². The topological polar surface area (TPSA) is 160 Å². The average molecular weight is 769 g/mol. The number of aromatic nitrogens is 6. The van der Waals surface area contributed by atoms with E-state index in [1.54, 1.807) is 45.6 Å². The Morgan fingerprint density at radius 3 is 1.54 bits per heavy atom. The minimum atomic E-state index is -0.711. The molecule has 2 atom stereocenters. The van der Waals surface area contributed by atoms with Crippen LogP contribution in [0.3, 0.4) is 0 Å². The Bertz CT molecular complexity index is 2180. The minimum Gasteiger partial charge on any atom is -0.444 e. The molecule has 0 fully saturated rings. The van der Waals surface area contributed by atoms with Gasteiger partial charge in [0.25, 0.3) is 0 Å². The summed E-state index contributed by atoms with van der Waals surface area (Å²) in [5.74, 6) is -0.0738. The molecular formula is C45H52N8O4. The molecule has 3 N–H and O–H groups in total. The molecule has 0 unspecified atom stereocenters. The second kappa shape index (κ2) is 20.1. The number of hydrogen-bond acceptors (Lipinski definition) is 9. The fourth-order valence-corrected chi connectivity index (χ4v) is 6.21. The smallest absolute Gasteiger partial charge is 0.408 e. The number of hydrogen-bond donors (Lipinski definition) is 2. The lowest BCUT2D eigenvalue weighted by atomic mass is 9.99. The van der Waals surface area contributed by atoms with Crippen LogP contribution < -0.4 is 11.1 Å². The molecule has 0 spiro atoms. The van der Waals surface area contributed by atoms with Gasteiger partial charge in [-0.05, 0) is 95.0 Å². The fourth-order valence-electron chi connectivity index (χ4n) is 6.21. The van der Waals surface area contributed by atoms with Crippen LogP contribution in [0.4, 0.5) is 4.79 Å². The monoisotopic (exact) mass is 768 g/mol. The van der Waals surface area contributed by atoms with E-state index >= 15 is 0 Å². The highest BCUT2D eigenvalue weighted by Gasteiger charge is 2.26. The molecule has 2 aromatic carbocycles. The maximum absolute atomic E-state index is 13.3. The molecule has 12 heteroatoms. The Labute approximate surface area is 334 Å². The van der Waals surface area contributed by atoms with Crippen molar-refractivity contribution in [3.8, 4) is 22.5 Å². The first kappa shape index (κ1) is 41.9. The number of carbonyl (C=O) groups is 3. The Morgan fingerprint density at radius 2 is 1.11 bits per heavy atom. The number of ketones is 2. The third kappa shape index (κ3) is 12.6. The number of amides is 1. The molecule has 0 saturated carbocycles. The van der Waals surface area contributed by atoms with Crippen molar-refractivity contribution in [2.24, 2.45) is 5.73 Å².